The zero-order valence-corrected chi connectivity index (χ0v) is 12.0. The normalized spacial score (nSPS) is 11.0. The van der Waals surface area contributed by atoms with Crippen LogP contribution in [0.2, 0.25) is 0 Å². The first-order valence-corrected chi connectivity index (χ1v) is 6.52. The van der Waals surface area contributed by atoms with Crippen LogP contribution in [0.1, 0.15) is 16.9 Å². The minimum Gasteiger partial charge on any atom is -0.383 e. The third-order valence-corrected chi connectivity index (χ3v) is 2.89. The highest BCUT2D eigenvalue weighted by atomic mass is 19.1. The predicted molar refractivity (Wildman–Crippen MR) is 73.3 cm³/mol. The largest absolute Gasteiger partial charge is 0.383 e. The van der Waals surface area contributed by atoms with Crippen molar-refractivity contribution in [2.75, 3.05) is 47.1 Å². The molecule has 0 spiro atoms. The van der Waals surface area contributed by atoms with Crippen LogP contribution in [-0.2, 0) is 9.47 Å². The Kier molecular flexibility index (Phi) is 7.94. The van der Waals surface area contributed by atoms with Crippen molar-refractivity contribution in [2.45, 2.75) is 6.42 Å². The Labute approximate surface area is 118 Å². The van der Waals surface area contributed by atoms with Gasteiger partial charge in [-0.1, -0.05) is 0 Å². The molecule has 0 unspecified atom stereocenters. The lowest BCUT2D eigenvalue weighted by atomic mass is 10.2. The molecule has 5 nitrogen and oxygen atoms in total. The van der Waals surface area contributed by atoms with E-state index in [0.717, 1.165) is 19.3 Å². The van der Waals surface area contributed by atoms with Gasteiger partial charge in [-0.3, -0.25) is 14.7 Å². The number of aromatic nitrogens is 1. The lowest BCUT2D eigenvalue weighted by Crippen LogP contribution is -2.32. The first kappa shape index (κ1) is 16.7. The van der Waals surface area contributed by atoms with Crippen LogP contribution in [-0.4, -0.2) is 62.7 Å². The Bertz CT molecular complexity index is 390. The zero-order valence-electron chi connectivity index (χ0n) is 12.0. The number of hydrogen-bond acceptors (Lipinski definition) is 5. The molecule has 0 amide bonds. The van der Waals surface area contributed by atoms with Crippen LogP contribution in [0.15, 0.2) is 18.3 Å². The molecule has 0 aliphatic heterocycles. The van der Waals surface area contributed by atoms with Gasteiger partial charge in [0.25, 0.3) is 0 Å². The molecule has 0 aromatic carbocycles. The Morgan fingerprint density at radius 2 is 1.85 bits per heavy atom. The third kappa shape index (κ3) is 6.18. The average molecular weight is 284 g/mol. The third-order valence-electron chi connectivity index (χ3n) is 2.89. The molecule has 1 heterocycles. The number of carbonyl (C=O) groups excluding carboxylic acids is 1. The van der Waals surface area contributed by atoms with Gasteiger partial charge in [0.2, 0.25) is 0 Å². The fourth-order valence-electron chi connectivity index (χ4n) is 1.70. The van der Waals surface area contributed by atoms with Gasteiger partial charge in [-0.05, 0) is 12.1 Å². The lowest BCUT2D eigenvalue weighted by molar-refractivity contribution is 0.0907. The summed E-state index contributed by atoms with van der Waals surface area (Å²) in [6.45, 7) is 3.29. The molecule has 112 valence electrons. The van der Waals surface area contributed by atoms with Gasteiger partial charge in [-0.2, -0.15) is 0 Å². The van der Waals surface area contributed by atoms with Crippen LogP contribution in [0.4, 0.5) is 4.39 Å². The number of ether oxygens (including phenoxy) is 2. The summed E-state index contributed by atoms with van der Waals surface area (Å²) in [6.07, 6.45) is 1.40. The second-order valence-electron chi connectivity index (χ2n) is 4.36. The molecule has 0 saturated carbocycles. The molecular formula is C14H21FN2O3. The average Bonchev–Trinajstić information content (AvgIpc) is 2.47. The van der Waals surface area contributed by atoms with Gasteiger partial charge in [0, 0.05) is 40.3 Å². The van der Waals surface area contributed by atoms with E-state index < -0.39 is 5.82 Å². The number of nitrogens with zero attached hydrogens (tertiary/aromatic N) is 2. The topological polar surface area (TPSA) is 51.7 Å². The minimum atomic E-state index is -0.441. The highest BCUT2D eigenvalue weighted by Gasteiger charge is 2.11. The van der Waals surface area contributed by atoms with E-state index in [4.69, 9.17) is 9.47 Å². The Morgan fingerprint density at radius 3 is 2.35 bits per heavy atom. The highest BCUT2D eigenvalue weighted by molar-refractivity contribution is 5.94. The molecule has 1 aromatic rings. The summed E-state index contributed by atoms with van der Waals surface area (Å²) in [7, 11) is 3.28. The smallest absolute Gasteiger partial charge is 0.182 e. The van der Waals surface area contributed by atoms with Gasteiger partial charge in [0.15, 0.2) is 5.78 Å². The van der Waals surface area contributed by atoms with E-state index in [-0.39, 0.29) is 5.78 Å². The van der Waals surface area contributed by atoms with E-state index in [0.29, 0.717) is 31.9 Å². The monoisotopic (exact) mass is 284 g/mol. The number of carbonyl (C=O) groups is 1. The Balaban J connectivity index is 2.44. The predicted octanol–water partition coefficient (Wildman–Crippen LogP) is 1.39. The van der Waals surface area contributed by atoms with Crippen LogP contribution in [0.3, 0.4) is 0 Å². The summed E-state index contributed by atoms with van der Waals surface area (Å²) >= 11 is 0. The van der Waals surface area contributed by atoms with Crippen LogP contribution in [0.5, 0.6) is 0 Å². The van der Waals surface area contributed by atoms with Gasteiger partial charge in [-0.25, -0.2) is 4.39 Å². The summed E-state index contributed by atoms with van der Waals surface area (Å²) < 4.78 is 22.8. The number of methoxy groups -OCH3 is 2. The minimum absolute atomic E-state index is 0.0927. The van der Waals surface area contributed by atoms with Crippen molar-refractivity contribution in [3.05, 3.63) is 29.8 Å². The quantitative estimate of drug-likeness (QED) is 0.608. The number of halogens is 1. The number of hydrogen-bond donors (Lipinski definition) is 0. The van der Waals surface area contributed by atoms with Crippen molar-refractivity contribution in [2.24, 2.45) is 0 Å². The van der Waals surface area contributed by atoms with E-state index >= 15 is 0 Å². The van der Waals surface area contributed by atoms with Crippen LogP contribution < -0.4 is 0 Å². The van der Waals surface area contributed by atoms with Crippen molar-refractivity contribution >= 4 is 5.78 Å². The van der Waals surface area contributed by atoms with Gasteiger partial charge in [0.1, 0.15) is 11.5 Å². The first-order chi connectivity index (χ1) is 9.67. The van der Waals surface area contributed by atoms with E-state index in [1.807, 2.05) is 0 Å². The summed E-state index contributed by atoms with van der Waals surface area (Å²) in [5, 5.41) is 0. The molecule has 0 atom stereocenters. The second kappa shape index (κ2) is 9.52. The van der Waals surface area contributed by atoms with Crippen molar-refractivity contribution < 1.29 is 18.7 Å². The standard InChI is InChI=1S/C14H21FN2O3/c1-19-9-7-17(8-10-20-2)6-5-14(18)13-4-3-12(15)11-16-13/h3-4,11H,5-10H2,1-2H3. The molecule has 0 saturated heterocycles. The molecule has 0 radical (unpaired) electrons. The molecule has 1 aromatic heterocycles. The van der Waals surface area contributed by atoms with Crippen LogP contribution in [0.25, 0.3) is 0 Å². The fourth-order valence-corrected chi connectivity index (χ4v) is 1.70. The summed E-state index contributed by atoms with van der Waals surface area (Å²) in [5.41, 5.74) is 0.296. The molecule has 0 aliphatic carbocycles. The maximum atomic E-state index is 12.7. The van der Waals surface area contributed by atoms with E-state index in [1.54, 1.807) is 14.2 Å². The maximum Gasteiger partial charge on any atom is 0.182 e. The van der Waals surface area contributed by atoms with Gasteiger partial charge in [-0.15, -0.1) is 0 Å². The molecule has 0 N–H and O–H groups in total. The van der Waals surface area contributed by atoms with E-state index in [1.165, 1.54) is 12.1 Å². The van der Waals surface area contributed by atoms with Crippen molar-refractivity contribution in [3.8, 4) is 0 Å². The molecule has 1 rings (SSSR count). The summed E-state index contributed by atoms with van der Waals surface area (Å²) in [4.78, 5) is 17.8. The summed E-state index contributed by atoms with van der Waals surface area (Å²) in [5.74, 6) is -0.534. The fraction of sp³-hybridized carbons (Fsp3) is 0.571. The van der Waals surface area contributed by atoms with E-state index in [9.17, 15) is 9.18 Å². The van der Waals surface area contributed by atoms with Gasteiger partial charge in [0.05, 0.1) is 19.4 Å². The summed E-state index contributed by atoms with van der Waals surface area (Å²) in [6, 6.07) is 2.65. The number of ketones is 1. The molecular weight excluding hydrogens is 263 g/mol. The van der Waals surface area contributed by atoms with Crippen LogP contribution >= 0.6 is 0 Å². The number of pyridine rings is 1. The van der Waals surface area contributed by atoms with Crippen molar-refractivity contribution in [3.63, 3.8) is 0 Å². The Morgan fingerprint density at radius 1 is 1.20 bits per heavy atom. The molecule has 6 heteroatoms. The highest BCUT2D eigenvalue weighted by Crippen LogP contribution is 2.03. The van der Waals surface area contributed by atoms with Gasteiger partial charge >= 0.3 is 0 Å². The van der Waals surface area contributed by atoms with Crippen molar-refractivity contribution in [1.29, 1.82) is 0 Å². The first-order valence-electron chi connectivity index (χ1n) is 6.52. The van der Waals surface area contributed by atoms with Gasteiger partial charge < -0.3 is 9.47 Å². The maximum absolute atomic E-state index is 12.7. The zero-order chi connectivity index (χ0) is 14.8. The number of rotatable bonds is 10. The number of Topliss-reactive ketones (excluding diaryl/α,β-unsaturated/α-hetero) is 1. The second-order valence-corrected chi connectivity index (χ2v) is 4.36. The molecule has 0 fully saturated rings. The molecule has 20 heavy (non-hydrogen) atoms. The SMILES string of the molecule is COCCN(CCOC)CCC(=O)c1ccc(F)cn1. The van der Waals surface area contributed by atoms with Crippen molar-refractivity contribution in [1.82, 2.24) is 9.88 Å². The molecule has 0 bridgehead atoms. The molecule has 0 aliphatic rings. The Hall–Kier alpha value is -1.37. The lowest BCUT2D eigenvalue weighted by Gasteiger charge is -2.20. The van der Waals surface area contributed by atoms with E-state index in [2.05, 4.69) is 9.88 Å². The van der Waals surface area contributed by atoms with Crippen LogP contribution in [0, 0.1) is 5.82 Å².